The van der Waals surface area contributed by atoms with Gasteiger partial charge in [0.15, 0.2) is 11.7 Å². The maximum absolute atomic E-state index is 9.70. The molecule has 0 aliphatic carbocycles. The van der Waals surface area contributed by atoms with Gasteiger partial charge in [-0.1, -0.05) is 0 Å². The van der Waals surface area contributed by atoms with E-state index in [1.54, 1.807) is 0 Å². The highest BCUT2D eigenvalue weighted by Gasteiger charge is 2.44. The Morgan fingerprint density at radius 1 is 1.47 bits per heavy atom. The number of nitrogens with zero attached hydrogens (tertiary/aromatic N) is 2. The Kier molecular flexibility index (Phi) is 3.07. The highest BCUT2D eigenvalue weighted by Crippen LogP contribution is 2.31. The topological polar surface area (TPSA) is 161 Å². The van der Waals surface area contributed by atoms with Crippen molar-refractivity contribution in [3.05, 3.63) is 11.6 Å². The Labute approximate surface area is 95.8 Å². The van der Waals surface area contributed by atoms with E-state index in [2.05, 4.69) is 15.2 Å². The number of aromatic nitrogens is 3. The second-order valence-corrected chi connectivity index (χ2v) is 3.72. The summed E-state index contributed by atoms with van der Waals surface area (Å²) in [6.45, 7) is -0.414. The first kappa shape index (κ1) is 11.9. The Morgan fingerprint density at radius 2 is 2.18 bits per heavy atom. The van der Waals surface area contributed by atoms with Gasteiger partial charge in [0.05, 0.1) is 6.61 Å². The lowest BCUT2D eigenvalue weighted by atomic mass is 10.1. The lowest BCUT2D eigenvalue weighted by Crippen LogP contribution is -2.32. The molecule has 9 nitrogen and oxygen atoms in total. The number of rotatable bonds is 3. The smallest absolute Gasteiger partial charge is 0.215 e. The molecule has 1 aromatic rings. The molecule has 0 aromatic carbocycles. The van der Waals surface area contributed by atoms with Gasteiger partial charge in [0, 0.05) is 0 Å². The van der Waals surface area contributed by atoms with E-state index in [4.69, 9.17) is 21.0 Å². The van der Waals surface area contributed by atoms with Crippen molar-refractivity contribution in [3.63, 3.8) is 0 Å². The molecule has 2 heterocycles. The van der Waals surface area contributed by atoms with Crippen molar-refractivity contribution in [1.29, 1.82) is 5.41 Å². The van der Waals surface area contributed by atoms with Crippen molar-refractivity contribution in [1.82, 2.24) is 15.2 Å². The van der Waals surface area contributed by atoms with Crippen LogP contribution in [0.4, 0.5) is 0 Å². The van der Waals surface area contributed by atoms with Crippen molar-refractivity contribution >= 4 is 5.84 Å². The minimum atomic E-state index is -1.22. The monoisotopic (exact) mass is 243 g/mol. The molecule has 7 N–H and O–H groups in total. The number of aromatic amines is 1. The van der Waals surface area contributed by atoms with Gasteiger partial charge in [-0.15, -0.1) is 0 Å². The first-order chi connectivity index (χ1) is 8.04. The van der Waals surface area contributed by atoms with Crippen LogP contribution >= 0.6 is 0 Å². The second kappa shape index (κ2) is 4.37. The number of nitrogen functional groups attached to an aromatic ring is 1. The maximum atomic E-state index is 9.70. The molecule has 4 atom stereocenters. The summed E-state index contributed by atoms with van der Waals surface area (Å²) in [5.74, 6) is -0.185. The van der Waals surface area contributed by atoms with E-state index in [0.717, 1.165) is 0 Å². The summed E-state index contributed by atoms with van der Waals surface area (Å²) < 4.78 is 5.22. The minimum absolute atomic E-state index is 0.0160. The average molecular weight is 243 g/mol. The zero-order chi connectivity index (χ0) is 12.6. The van der Waals surface area contributed by atoms with Gasteiger partial charge in [0.2, 0.25) is 5.82 Å². The molecule has 1 saturated heterocycles. The molecule has 0 saturated carbocycles. The van der Waals surface area contributed by atoms with Gasteiger partial charge in [0.25, 0.3) is 0 Å². The molecule has 1 aromatic heterocycles. The van der Waals surface area contributed by atoms with Gasteiger partial charge in [-0.25, -0.2) is 4.98 Å². The van der Waals surface area contributed by atoms with Crippen LogP contribution in [0.25, 0.3) is 0 Å². The van der Waals surface area contributed by atoms with Crippen LogP contribution in [0.5, 0.6) is 0 Å². The van der Waals surface area contributed by atoms with Crippen LogP contribution in [-0.2, 0) is 4.74 Å². The Balaban J connectivity index is 2.19. The van der Waals surface area contributed by atoms with E-state index < -0.39 is 31.0 Å². The Morgan fingerprint density at radius 3 is 2.65 bits per heavy atom. The van der Waals surface area contributed by atoms with Crippen molar-refractivity contribution in [2.45, 2.75) is 24.4 Å². The summed E-state index contributed by atoms with van der Waals surface area (Å²) in [7, 11) is 0. The summed E-state index contributed by atoms with van der Waals surface area (Å²) in [6, 6.07) is 0. The third kappa shape index (κ3) is 2.00. The number of nitrogens with one attached hydrogen (secondary N) is 2. The quantitative estimate of drug-likeness (QED) is 0.247. The fourth-order valence-corrected chi connectivity index (χ4v) is 1.65. The highest BCUT2D eigenvalue weighted by molar-refractivity contribution is 5.90. The van der Waals surface area contributed by atoms with E-state index in [1.807, 2.05) is 0 Å². The van der Waals surface area contributed by atoms with Crippen molar-refractivity contribution in [3.8, 4) is 0 Å². The Hall–Kier alpha value is -1.55. The largest absolute Gasteiger partial charge is 0.394 e. The molecule has 0 amide bonds. The maximum Gasteiger partial charge on any atom is 0.215 e. The SMILES string of the molecule is N=C(N)c1n[nH]c([C@H]2O[C@@H](CO)[C@@H](O)[C@H]2O)n1. The number of hydrogen-bond acceptors (Lipinski definition) is 7. The molecule has 1 aliphatic heterocycles. The molecule has 0 bridgehead atoms. The van der Waals surface area contributed by atoms with Gasteiger partial charge in [0.1, 0.15) is 24.4 Å². The van der Waals surface area contributed by atoms with Crippen molar-refractivity contribution in [2.24, 2.45) is 5.73 Å². The van der Waals surface area contributed by atoms with Crippen molar-refractivity contribution in [2.75, 3.05) is 6.61 Å². The molecule has 1 aliphatic rings. The predicted molar refractivity (Wildman–Crippen MR) is 54.1 cm³/mol. The van der Waals surface area contributed by atoms with E-state index in [9.17, 15) is 10.2 Å². The summed E-state index contributed by atoms with van der Waals surface area (Å²) in [6.07, 6.45) is -4.22. The lowest BCUT2D eigenvalue weighted by molar-refractivity contribution is -0.0251. The van der Waals surface area contributed by atoms with Crippen LogP contribution in [0, 0.1) is 5.41 Å². The van der Waals surface area contributed by atoms with Crippen LogP contribution in [0.1, 0.15) is 17.8 Å². The second-order valence-electron chi connectivity index (χ2n) is 3.72. The zero-order valence-electron chi connectivity index (χ0n) is 8.74. The summed E-state index contributed by atoms with van der Waals surface area (Å²) in [4.78, 5) is 3.85. The summed E-state index contributed by atoms with van der Waals surface area (Å²) in [5, 5.41) is 41.4. The predicted octanol–water partition coefficient (Wildman–Crippen LogP) is -2.76. The number of nitrogens with two attached hydrogens (primary N) is 1. The van der Waals surface area contributed by atoms with E-state index in [1.165, 1.54) is 0 Å². The van der Waals surface area contributed by atoms with Crippen LogP contribution in [0.2, 0.25) is 0 Å². The van der Waals surface area contributed by atoms with Gasteiger partial charge >= 0.3 is 0 Å². The molecule has 1 fully saturated rings. The van der Waals surface area contributed by atoms with Crippen LogP contribution in [-0.4, -0.2) is 61.3 Å². The molecular weight excluding hydrogens is 230 g/mol. The first-order valence-corrected chi connectivity index (χ1v) is 4.93. The van der Waals surface area contributed by atoms with Crippen molar-refractivity contribution < 1.29 is 20.1 Å². The number of amidine groups is 1. The summed E-state index contributed by atoms with van der Waals surface area (Å²) in [5.41, 5.74) is 5.19. The molecule has 94 valence electrons. The third-order valence-corrected chi connectivity index (χ3v) is 2.56. The molecule has 0 radical (unpaired) electrons. The fourth-order valence-electron chi connectivity index (χ4n) is 1.65. The summed E-state index contributed by atoms with van der Waals surface area (Å²) >= 11 is 0. The third-order valence-electron chi connectivity index (χ3n) is 2.56. The van der Waals surface area contributed by atoms with Crippen LogP contribution in [0.15, 0.2) is 0 Å². The molecule has 0 spiro atoms. The first-order valence-electron chi connectivity index (χ1n) is 4.93. The fraction of sp³-hybridized carbons (Fsp3) is 0.625. The van der Waals surface area contributed by atoms with Gasteiger partial charge < -0.3 is 25.8 Å². The standard InChI is InChI=1S/C8H13N5O4/c9-6(10)8-11-7(12-13-8)5-4(16)3(15)2(1-14)17-5/h2-5,14-16H,1H2,(H3,9,10)(H,11,12,13)/t2-,3+,4+,5-/m0/s1. The molecule has 2 rings (SSSR count). The molecular formula is C8H13N5O4. The van der Waals surface area contributed by atoms with E-state index in [-0.39, 0.29) is 17.5 Å². The molecule has 17 heavy (non-hydrogen) atoms. The molecule has 0 unspecified atom stereocenters. The van der Waals surface area contributed by atoms with E-state index in [0.29, 0.717) is 0 Å². The van der Waals surface area contributed by atoms with Gasteiger partial charge in [-0.3, -0.25) is 10.5 Å². The number of H-pyrrole nitrogens is 1. The number of ether oxygens (including phenoxy) is 1. The zero-order valence-corrected chi connectivity index (χ0v) is 8.74. The number of aliphatic hydroxyl groups excluding tert-OH is 3. The highest BCUT2D eigenvalue weighted by atomic mass is 16.6. The minimum Gasteiger partial charge on any atom is -0.394 e. The van der Waals surface area contributed by atoms with E-state index >= 15 is 0 Å². The normalized spacial score (nSPS) is 32.9. The average Bonchev–Trinajstić information content (AvgIpc) is 2.87. The van der Waals surface area contributed by atoms with Crippen LogP contribution < -0.4 is 5.73 Å². The number of aliphatic hydroxyl groups is 3. The van der Waals surface area contributed by atoms with Gasteiger partial charge in [-0.2, -0.15) is 5.10 Å². The van der Waals surface area contributed by atoms with Gasteiger partial charge in [-0.05, 0) is 0 Å². The molecule has 9 heteroatoms. The number of hydrogen-bond donors (Lipinski definition) is 6. The van der Waals surface area contributed by atoms with Crippen LogP contribution in [0.3, 0.4) is 0 Å². The lowest BCUT2D eigenvalue weighted by Gasteiger charge is -2.10. The Bertz CT molecular complexity index is 422.